The molecule has 0 N–H and O–H groups in total. The van der Waals surface area contributed by atoms with Crippen LogP contribution in [0.1, 0.15) is 69.9 Å². The summed E-state index contributed by atoms with van der Waals surface area (Å²) in [6, 6.07) is 21.6. The molecule has 7 atom stereocenters. The summed E-state index contributed by atoms with van der Waals surface area (Å²) in [5.41, 5.74) is 10.2. The monoisotopic (exact) mass is 616 g/mol. The molecule has 1 aliphatic heterocycles. The van der Waals surface area contributed by atoms with Crippen molar-refractivity contribution in [2.75, 3.05) is 4.90 Å². The van der Waals surface area contributed by atoms with Crippen LogP contribution in [0, 0.1) is 23.7 Å². The van der Waals surface area contributed by atoms with Gasteiger partial charge in [0.05, 0.1) is 18.1 Å². The van der Waals surface area contributed by atoms with Gasteiger partial charge in [-0.2, -0.15) is 0 Å². The van der Waals surface area contributed by atoms with E-state index in [0.717, 1.165) is 18.8 Å². The van der Waals surface area contributed by atoms with E-state index in [1.807, 2.05) is 0 Å². The highest BCUT2D eigenvalue weighted by Crippen LogP contribution is 2.53. The molecule has 0 aromatic heterocycles. The quantitative estimate of drug-likeness (QED) is 0.309. The van der Waals surface area contributed by atoms with Crippen LogP contribution in [0.5, 0.6) is 0 Å². The van der Waals surface area contributed by atoms with E-state index in [1.165, 1.54) is 71.5 Å². The van der Waals surface area contributed by atoms with E-state index in [1.54, 1.807) is 0 Å². The minimum Gasteiger partial charge on any atom is -0.358 e. The molecule has 2 nitrogen and oxygen atoms in total. The lowest BCUT2D eigenvalue weighted by Gasteiger charge is -2.41. The predicted octanol–water partition coefficient (Wildman–Crippen LogP) is 10.5. The van der Waals surface area contributed by atoms with Crippen molar-refractivity contribution >= 4 is 11.3 Å². The number of anilines is 1. The summed E-state index contributed by atoms with van der Waals surface area (Å²) in [5, 5.41) is 0. The first-order chi connectivity index (χ1) is 23.1. The average Bonchev–Trinajstić information content (AvgIpc) is 3.58. The van der Waals surface area contributed by atoms with Gasteiger partial charge in [-0.3, -0.25) is 0 Å². The number of fused-ring (bicyclic) bond motifs is 6. The second kappa shape index (κ2) is 11.6. The fraction of sp³-hybridized carbons (Fsp3) is 0.378. The molecule has 7 aliphatic rings. The van der Waals surface area contributed by atoms with E-state index in [0.29, 0.717) is 35.9 Å². The lowest BCUT2D eigenvalue weighted by molar-refractivity contribution is 0.235. The number of rotatable bonds is 5. The summed E-state index contributed by atoms with van der Waals surface area (Å²) in [4.78, 5) is 5.43. The Kier molecular flexibility index (Phi) is 7.18. The number of nitrogens with zero attached hydrogens (tertiary/aromatic N) is 2. The van der Waals surface area contributed by atoms with Crippen molar-refractivity contribution in [1.29, 1.82) is 0 Å². The maximum atomic E-state index is 2.75. The zero-order valence-corrected chi connectivity index (χ0v) is 28.0. The molecule has 2 aromatic rings. The lowest BCUT2D eigenvalue weighted by atomic mass is 9.70. The van der Waals surface area contributed by atoms with Crippen LogP contribution in [-0.2, 0) is 5.41 Å². The van der Waals surface area contributed by atoms with Gasteiger partial charge in [-0.25, -0.2) is 0 Å². The van der Waals surface area contributed by atoms with Crippen LogP contribution in [-0.4, -0.2) is 23.0 Å². The number of allylic oxidation sites excluding steroid dienone is 10. The zero-order chi connectivity index (χ0) is 31.5. The third-order valence-electron chi connectivity index (χ3n) is 12.6. The minimum absolute atomic E-state index is 0.0304. The van der Waals surface area contributed by atoms with Gasteiger partial charge in [0.1, 0.15) is 0 Å². The van der Waals surface area contributed by atoms with Crippen LogP contribution in [0.4, 0.5) is 5.69 Å². The maximum Gasteiger partial charge on any atom is 0.0559 e. The van der Waals surface area contributed by atoms with Crippen molar-refractivity contribution in [3.63, 3.8) is 0 Å². The molecular weight excluding hydrogens is 569 g/mol. The van der Waals surface area contributed by atoms with Crippen molar-refractivity contribution in [1.82, 2.24) is 4.90 Å². The molecule has 2 heteroatoms. The normalized spacial score (nSPS) is 32.8. The molecule has 0 radical (unpaired) electrons. The Bertz CT molecular complexity index is 1790. The van der Waals surface area contributed by atoms with Gasteiger partial charge >= 0.3 is 0 Å². The summed E-state index contributed by atoms with van der Waals surface area (Å²) in [7, 11) is 0. The first kappa shape index (κ1) is 29.1. The van der Waals surface area contributed by atoms with Crippen LogP contribution >= 0.6 is 0 Å². The fourth-order valence-corrected chi connectivity index (χ4v) is 10.3. The topological polar surface area (TPSA) is 6.48 Å². The van der Waals surface area contributed by atoms with E-state index in [4.69, 9.17) is 0 Å². The lowest BCUT2D eigenvalue weighted by Crippen LogP contribution is -2.38. The number of hydrogen-bond acceptors (Lipinski definition) is 2. The summed E-state index contributed by atoms with van der Waals surface area (Å²) in [6.45, 7) is 4.82. The Hall–Kier alpha value is -4.04. The molecule has 0 spiro atoms. The molecule has 0 amide bonds. The highest BCUT2D eigenvalue weighted by atomic mass is 15.2. The van der Waals surface area contributed by atoms with Gasteiger partial charge in [0.2, 0.25) is 0 Å². The van der Waals surface area contributed by atoms with Crippen molar-refractivity contribution in [2.24, 2.45) is 23.7 Å². The fourth-order valence-electron chi connectivity index (χ4n) is 10.3. The molecule has 6 aliphatic carbocycles. The first-order valence-corrected chi connectivity index (χ1v) is 18.3. The Morgan fingerprint density at radius 1 is 0.809 bits per heavy atom. The standard InChI is InChI=1S/C45H48N2/c1-45(2)41-19-11-9-17-37(41)38-27-26-36(30-42(38)45)46(33-13-5-3-6-14-33)35-24-21-31(22-25-35)32-23-28-44-40(29-32)39-18-10-12-20-43(39)47(44)34-15-7-4-8-16-34/h3,5-7,9-20,23-24,27-28,30-32,36,39-40,43-44H,4,8,21-22,25-26,29H2,1-2H3. The predicted molar refractivity (Wildman–Crippen MR) is 197 cm³/mol. The van der Waals surface area contributed by atoms with Crippen molar-refractivity contribution in [3.8, 4) is 0 Å². The number of hydrogen-bond donors (Lipinski definition) is 0. The molecule has 1 fully saturated rings. The highest BCUT2D eigenvalue weighted by molar-refractivity contribution is 5.90. The van der Waals surface area contributed by atoms with Gasteiger partial charge in [-0.15, -0.1) is 0 Å². The minimum atomic E-state index is 0.0304. The molecule has 1 saturated heterocycles. The number of likely N-dealkylation sites (tertiary alicyclic amines) is 1. The van der Waals surface area contributed by atoms with Gasteiger partial charge in [-0.05, 0) is 103 Å². The molecule has 7 unspecified atom stereocenters. The van der Waals surface area contributed by atoms with Crippen LogP contribution in [0.25, 0.3) is 5.57 Å². The van der Waals surface area contributed by atoms with Crippen LogP contribution in [0.2, 0.25) is 0 Å². The third-order valence-corrected chi connectivity index (χ3v) is 12.6. The third kappa shape index (κ3) is 4.82. The second-order valence-corrected chi connectivity index (χ2v) is 15.4. The molecule has 0 saturated carbocycles. The largest absolute Gasteiger partial charge is 0.358 e. The van der Waals surface area contributed by atoms with Crippen molar-refractivity contribution in [3.05, 3.63) is 156 Å². The molecule has 9 rings (SSSR count). The van der Waals surface area contributed by atoms with Crippen LogP contribution in [0.15, 0.2) is 144 Å². The van der Waals surface area contributed by atoms with Gasteiger partial charge in [0.25, 0.3) is 0 Å². The average molecular weight is 617 g/mol. The zero-order valence-electron chi connectivity index (χ0n) is 28.0. The van der Waals surface area contributed by atoms with Crippen LogP contribution < -0.4 is 4.90 Å². The molecular formula is C45H48N2. The molecule has 1 heterocycles. The van der Waals surface area contributed by atoms with E-state index in [-0.39, 0.29) is 5.41 Å². The SMILES string of the molecule is CC1(C)C2=CC(N(C3=CCC(C4C=CC5C(C4)C4C=CC=CC4N5C4=CCCC=C4)CC3)c3ccccc3)CC=C2c2ccccc21. The number of para-hydroxylation sites is 1. The molecule has 2 aromatic carbocycles. The van der Waals surface area contributed by atoms with Gasteiger partial charge in [0, 0.05) is 28.4 Å². The van der Waals surface area contributed by atoms with Gasteiger partial charge < -0.3 is 9.80 Å². The Balaban J connectivity index is 0.974. The molecule has 238 valence electrons. The summed E-state index contributed by atoms with van der Waals surface area (Å²) < 4.78 is 0. The molecule has 0 bridgehead atoms. The first-order valence-electron chi connectivity index (χ1n) is 18.3. The molecule has 47 heavy (non-hydrogen) atoms. The summed E-state index contributed by atoms with van der Waals surface area (Å²) >= 11 is 0. The Morgan fingerprint density at radius 3 is 2.49 bits per heavy atom. The Morgan fingerprint density at radius 2 is 1.66 bits per heavy atom. The van der Waals surface area contributed by atoms with E-state index >= 15 is 0 Å². The second-order valence-electron chi connectivity index (χ2n) is 15.4. The summed E-state index contributed by atoms with van der Waals surface area (Å²) in [5.74, 6) is 2.68. The van der Waals surface area contributed by atoms with E-state index in [2.05, 4.69) is 151 Å². The summed E-state index contributed by atoms with van der Waals surface area (Å²) in [6.07, 6.45) is 38.1. The highest BCUT2D eigenvalue weighted by Gasteiger charge is 2.49. The smallest absolute Gasteiger partial charge is 0.0559 e. The van der Waals surface area contributed by atoms with Crippen molar-refractivity contribution < 1.29 is 0 Å². The van der Waals surface area contributed by atoms with Crippen molar-refractivity contribution in [2.45, 2.75) is 82.3 Å². The van der Waals surface area contributed by atoms with Crippen LogP contribution in [0.3, 0.4) is 0 Å². The maximum absolute atomic E-state index is 2.75. The van der Waals surface area contributed by atoms with Gasteiger partial charge in [-0.1, -0.05) is 123 Å². The van der Waals surface area contributed by atoms with E-state index in [9.17, 15) is 0 Å². The Labute approximate surface area is 281 Å². The number of benzene rings is 2. The van der Waals surface area contributed by atoms with E-state index < -0.39 is 0 Å². The van der Waals surface area contributed by atoms with Gasteiger partial charge in [0.15, 0.2) is 0 Å².